The zero-order valence-electron chi connectivity index (χ0n) is 15.5. The number of hydrogen-bond donors (Lipinski definition) is 0. The summed E-state index contributed by atoms with van der Waals surface area (Å²) >= 11 is 1.64. The van der Waals surface area contributed by atoms with E-state index in [4.69, 9.17) is 0 Å². The Bertz CT molecular complexity index is 923. The number of nitrogens with zero attached hydrogens (tertiary/aromatic N) is 2. The van der Waals surface area contributed by atoms with Crippen molar-refractivity contribution in [1.82, 2.24) is 9.21 Å². The monoisotopic (exact) mass is 404 g/mol. The molecule has 0 saturated carbocycles. The summed E-state index contributed by atoms with van der Waals surface area (Å²) in [4.78, 5) is 14.4. The molecule has 3 heterocycles. The van der Waals surface area contributed by atoms with E-state index in [1.54, 1.807) is 34.7 Å². The maximum atomic E-state index is 13.1. The van der Waals surface area contributed by atoms with Crippen LogP contribution in [0.5, 0.6) is 0 Å². The van der Waals surface area contributed by atoms with Gasteiger partial charge in [-0.3, -0.25) is 4.79 Å². The van der Waals surface area contributed by atoms with Crippen molar-refractivity contribution in [2.75, 3.05) is 19.6 Å². The standard InChI is InChI=1S/C20H24N2O3S2/c1-14-3-5-17(6-4-14)27(24,25)21-9-7-20-19(11-21)18(12-22(20)15(2)23)16-8-10-26-13-16/h3-6,8,10,13,18-20H,7,9,11-12H2,1-2H3/t18-,19-,20-/m0/s1. The number of sulfonamides is 1. The molecule has 0 unspecified atom stereocenters. The molecule has 1 aromatic heterocycles. The Labute approximate surface area is 164 Å². The molecule has 0 bridgehead atoms. The first-order valence-electron chi connectivity index (χ1n) is 9.24. The summed E-state index contributed by atoms with van der Waals surface area (Å²) in [5.74, 6) is 0.413. The van der Waals surface area contributed by atoms with Crippen LogP contribution in [-0.2, 0) is 14.8 Å². The lowest BCUT2D eigenvalue weighted by atomic mass is 9.83. The SMILES string of the molecule is CC(=O)N1C[C@@H](c2ccsc2)[C@@H]2CN(S(=O)(=O)c3ccc(C)cc3)CC[C@@H]21. The van der Waals surface area contributed by atoms with Crippen molar-refractivity contribution >= 4 is 27.3 Å². The number of hydrogen-bond acceptors (Lipinski definition) is 4. The summed E-state index contributed by atoms with van der Waals surface area (Å²) in [5.41, 5.74) is 2.26. The number of carbonyl (C=O) groups excluding carboxylic acids is 1. The number of fused-ring (bicyclic) bond motifs is 1. The van der Waals surface area contributed by atoms with Crippen LogP contribution in [0.3, 0.4) is 0 Å². The Morgan fingerprint density at radius 1 is 1.15 bits per heavy atom. The highest BCUT2D eigenvalue weighted by atomic mass is 32.2. The number of benzene rings is 1. The Kier molecular flexibility index (Phi) is 4.86. The molecule has 0 aliphatic carbocycles. The third kappa shape index (κ3) is 3.32. The van der Waals surface area contributed by atoms with E-state index >= 15 is 0 Å². The number of thiophene rings is 1. The lowest BCUT2D eigenvalue weighted by Gasteiger charge is -2.38. The average molecular weight is 405 g/mol. The molecule has 2 fully saturated rings. The van der Waals surface area contributed by atoms with Crippen LogP contribution < -0.4 is 0 Å². The number of rotatable bonds is 3. The number of amides is 1. The molecule has 144 valence electrons. The minimum Gasteiger partial charge on any atom is -0.339 e. The molecule has 3 atom stereocenters. The number of carbonyl (C=O) groups is 1. The molecule has 2 aliphatic heterocycles. The van der Waals surface area contributed by atoms with Crippen molar-refractivity contribution in [3.05, 3.63) is 52.2 Å². The second-order valence-corrected chi connectivity index (χ2v) is 10.2. The van der Waals surface area contributed by atoms with Crippen LogP contribution in [0.1, 0.15) is 30.4 Å². The fourth-order valence-corrected chi connectivity index (χ4v) is 6.70. The first-order valence-corrected chi connectivity index (χ1v) is 11.6. The number of likely N-dealkylation sites (tertiary alicyclic amines) is 1. The van der Waals surface area contributed by atoms with Crippen LogP contribution >= 0.6 is 11.3 Å². The number of piperidine rings is 1. The van der Waals surface area contributed by atoms with E-state index in [0.717, 1.165) is 5.56 Å². The third-order valence-electron chi connectivity index (χ3n) is 5.93. The molecule has 0 radical (unpaired) electrons. The highest BCUT2D eigenvalue weighted by Crippen LogP contribution is 2.43. The maximum absolute atomic E-state index is 13.1. The molecule has 2 saturated heterocycles. The van der Waals surface area contributed by atoms with Crippen LogP contribution in [0.15, 0.2) is 46.0 Å². The molecule has 2 aromatic rings. The van der Waals surface area contributed by atoms with Gasteiger partial charge in [-0.2, -0.15) is 15.6 Å². The third-order valence-corrected chi connectivity index (χ3v) is 8.51. The smallest absolute Gasteiger partial charge is 0.243 e. The topological polar surface area (TPSA) is 57.7 Å². The molecule has 0 spiro atoms. The lowest BCUT2D eigenvalue weighted by Crippen LogP contribution is -2.49. The van der Waals surface area contributed by atoms with Crippen LogP contribution in [0.2, 0.25) is 0 Å². The largest absolute Gasteiger partial charge is 0.339 e. The van der Waals surface area contributed by atoms with Crippen molar-refractivity contribution in [2.45, 2.75) is 37.1 Å². The molecule has 2 aliphatic rings. The summed E-state index contributed by atoms with van der Waals surface area (Å²) in [6.45, 7) is 5.16. The minimum absolute atomic E-state index is 0.0811. The molecule has 1 amide bonds. The van der Waals surface area contributed by atoms with E-state index in [-0.39, 0.29) is 23.8 Å². The summed E-state index contributed by atoms with van der Waals surface area (Å²) in [6, 6.07) is 9.26. The summed E-state index contributed by atoms with van der Waals surface area (Å²) in [7, 11) is -3.51. The Hall–Kier alpha value is -1.70. The van der Waals surface area contributed by atoms with Crippen LogP contribution in [0.25, 0.3) is 0 Å². The first-order chi connectivity index (χ1) is 12.9. The highest BCUT2D eigenvalue weighted by Gasteiger charge is 2.48. The molecule has 1 aromatic carbocycles. The molecule has 7 heteroatoms. The normalized spacial score (nSPS) is 26.1. The van der Waals surface area contributed by atoms with E-state index in [1.165, 1.54) is 5.56 Å². The zero-order chi connectivity index (χ0) is 19.2. The summed E-state index contributed by atoms with van der Waals surface area (Å²) < 4.78 is 27.9. The first kappa shape index (κ1) is 18.7. The number of aryl methyl sites for hydroxylation is 1. The van der Waals surface area contributed by atoms with Gasteiger partial charge in [0.05, 0.1) is 4.90 Å². The van der Waals surface area contributed by atoms with Crippen LogP contribution in [-0.4, -0.2) is 49.2 Å². The van der Waals surface area contributed by atoms with E-state index in [0.29, 0.717) is 31.0 Å². The molecular weight excluding hydrogens is 380 g/mol. The summed E-state index contributed by atoms with van der Waals surface area (Å²) in [6.07, 6.45) is 0.690. The van der Waals surface area contributed by atoms with Gasteiger partial charge in [-0.05, 0) is 47.9 Å². The van der Waals surface area contributed by atoms with Crippen molar-refractivity contribution in [2.24, 2.45) is 5.92 Å². The zero-order valence-corrected chi connectivity index (χ0v) is 17.2. The fourth-order valence-electron chi connectivity index (χ4n) is 4.48. The van der Waals surface area contributed by atoms with Gasteiger partial charge in [-0.25, -0.2) is 8.42 Å². The van der Waals surface area contributed by atoms with Gasteiger partial charge in [0.1, 0.15) is 0 Å². The Morgan fingerprint density at radius 3 is 2.52 bits per heavy atom. The predicted molar refractivity (Wildman–Crippen MR) is 106 cm³/mol. The van der Waals surface area contributed by atoms with Crippen molar-refractivity contribution in [1.29, 1.82) is 0 Å². The molecule has 4 rings (SSSR count). The van der Waals surface area contributed by atoms with Crippen molar-refractivity contribution in [3.63, 3.8) is 0 Å². The maximum Gasteiger partial charge on any atom is 0.243 e. The van der Waals surface area contributed by atoms with Gasteiger partial charge in [0, 0.05) is 44.4 Å². The van der Waals surface area contributed by atoms with Gasteiger partial charge in [0.2, 0.25) is 15.9 Å². The van der Waals surface area contributed by atoms with Crippen LogP contribution in [0, 0.1) is 12.8 Å². The second-order valence-electron chi connectivity index (χ2n) is 7.53. The van der Waals surface area contributed by atoms with Crippen molar-refractivity contribution in [3.8, 4) is 0 Å². The molecule has 0 N–H and O–H groups in total. The fraction of sp³-hybridized carbons (Fsp3) is 0.450. The minimum atomic E-state index is -3.51. The van der Waals surface area contributed by atoms with Gasteiger partial charge >= 0.3 is 0 Å². The quantitative estimate of drug-likeness (QED) is 0.790. The predicted octanol–water partition coefficient (Wildman–Crippen LogP) is 3.08. The highest BCUT2D eigenvalue weighted by molar-refractivity contribution is 7.89. The van der Waals surface area contributed by atoms with Gasteiger partial charge < -0.3 is 4.90 Å². The summed E-state index contributed by atoms with van der Waals surface area (Å²) in [5, 5.41) is 4.17. The van der Waals surface area contributed by atoms with E-state index in [2.05, 4.69) is 11.4 Å². The van der Waals surface area contributed by atoms with Gasteiger partial charge in [0.25, 0.3) is 0 Å². The molecule has 5 nitrogen and oxygen atoms in total. The second kappa shape index (κ2) is 7.04. The van der Waals surface area contributed by atoms with Crippen molar-refractivity contribution < 1.29 is 13.2 Å². The van der Waals surface area contributed by atoms with E-state index in [1.807, 2.05) is 29.3 Å². The molecular formula is C20H24N2O3S2. The van der Waals surface area contributed by atoms with Gasteiger partial charge in [-0.1, -0.05) is 17.7 Å². The Morgan fingerprint density at radius 2 is 1.89 bits per heavy atom. The lowest BCUT2D eigenvalue weighted by molar-refractivity contribution is -0.130. The van der Waals surface area contributed by atoms with E-state index in [9.17, 15) is 13.2 Å². The van der Waals surface area contributed by atoms with Gasteiger partial charge in [-0.15, -0.1) is 0 Å². The average Bonchev–Trinajstić information content (AvgIpc) is 3.29. The molecule has 27 heavy (non-hydrogen) atoms. The van der Waals surface area contributed by atoms with Crippen LogP contribution in [0.4, 0.5) is 0 Å². The Balaban J connectivity index is 1.63. The van der Waals surface area contributed by atoms with Gasteiger partial charge in [0.15, 0.2) is 0 Å². The van der Waals surface area contributed by atoms with E-state index < -0.39 is 10.0 Å².